The maximum atomic E-state index is 13.4. The molecule has 0 radical (unpaired) electrons. The highest BCUT2D eigenvalue weighted by atomic mass is 28.3. The number of amides is 2. The standard InChI is InChI=1S/C27H38N6O4Si/c1-38(2,3)14-13-36-19-33-24-22(15-30-33)25(28)29-16-23(24)31-26(34)27(35)32(17-20-9-5-4-6-10-20)18-21-11-7-8-12-37-21/h4-6,9-10,15-16,21H,7-8,11-14,17-19H2,1-3H3,(H2,28,29)(H,31,34). The molecule has 1 aliphatic rings. The Hall–Kier alpha value is -3.28. The molecular formula is C27H38N6O4Si. The Labute approximate surface area is 224 Å². The topological polar surface area (TPSA) is 125 Å². The van der Waals surface area contributed by atoms with Crippen LogP contribution in [0.2, 0.25) is 25.7 Å². The van der Waals surface area contributed by atoms with Crippen molar-refractivity contribution >= 4 is 42.3 Å². The van der Waals surface area contributed by atoms with E-state index in [0.717, 1.165) is 30.9 Å². The van der Waals surface area contributed by atoms with Crippen molar-refractivity contribution in [3.8, 4) is 0 Å². The van der Waals surface area contributed by atoms with Crippen LogP contribution < -0.4 is 11.1 Å². The Balaban J connectivity index is 1.51. The van der Waals surface area contributed by atoms with Gasteiger partial charge < -0.3 is 25.4 Å². The number of carbonyl (C=O) groups is 2. The number of nitrogen functional groups attached to an aromatic ring is 1. The molecule has 204 valence electrons. The predicted molar refractivity (Wildman–Crippen MR) is 150 cm³/mol. The molecule has 0 saturated carbocycles. The second kappa shape index (κ2) is 12.5. The van der Waals surface area contributed by atoms with E-state index in [4.69, 9.17) is 15.2 Å². The van der Waals surface area contributed by atoms with Gasteiger partial charge in [0.1, 0.15) is 12.5 Å². The van der Waals surface area contributed by atoms with Gasteiger partial charge in [0.15, 0.2) is 0 Å². The Kier molecular flexibility index (Phi) is 9.13. The maximum Gasteiger partial charge on any atom is 0.314 e. The molecule has 0 spiro atoms. The van der Waals surface area contributed by atoms with E-state index in [2.05, 4.69) is 35.0 Å². The summed E-state index contributed by atoms with van der Waals surface area (Å²) < 4.78 is 13.4. The van der Waals surface area contributed by atoms with Crippen molar-refractivity contribution in [3.05, 3.63) is 48.3 Å². The average molecular weight is 539 g/mol. The zero-order valence-electron chi connectivity index (χ0n) is 22.5. The minimum atomic E-state index is -1.24. The smallest absolute Gasteiger partial charge is 0.314 e. The number of nitrogens with two attached hydrogens (primary N) is 1. The van der Waals surface area contributed by atoms with Gasteiger partial charge in [-0.05, 0) is 30.9 Å². The average Bonchev–Trinajstić information content (AvgIpc) is 3.33. The minimum Gasteiger partial charge on any atom is -0.383 e. The molecule has 0 bridgehead atoms. The number of aromatic nitrogens is 3. The van der Waals surface area contributed by atoms with Gasteiger partial charge in [-0.1, -0.05) is 50.0 Å². The first-order chi connectivity index (χ1) is 18.2. The first-order valence-corrected chi connectivity index (χ1v) is 16.9. The summed E-state index contributed by atoms with van der Waals surface area (Å²) in [4.78, 5) is 32.4. The summed E-state index contributed by atoms with van der Waals surface area (Å²) in [5.74, 6) is -1.10. The number of pyridine rings is 1. The summed E-state index contributed by atoms with van der Waals surface area (Å²) in [7, 11) is -1.24. The van der Waals surface area contributed by atoms with Gasteiger partial charge in [-0.25, -0.2) is 9.67 Å². The van der Waals surface area contributed by atoms with E-state index in [1.165, 1.54) is 6.20 Å². The summed E-state index contributed by atoms with van der Waals surface area (Å²) in [5.41, 5.74) is 7.94. The van der Waals surface area contributed by atoms with Gasteiger partial charge in [0, 0.05) is 34.4 Å². The third-order valence-corrected chi connectivity index (χ3v) is 8.26. The lowest BCUT2D eigenvalue weighted by Gasteiger charge is -2.29. The Bertz CT molecular complexity index is 1240. The number of ether oxygens (including phenoxy) is 2. The first-order valence-electron chi connectivity index (χ1n) is 13.1. The number of anilines is 2. The van der Waals surface area contributed by atoms with Gasteiger partial charge in [0.05, 0.1) is 35.1 Å². The van der Waals surface area contributed by atoms with Crippen LogP contribution >= 0.6 is 0 Å². The molecule has 1 aromatic carbocycles. The van der Waals surface area contributed by atoms with Crippen LogP contribution in [0.25, 0.3) is 10.9 Å². The third-order valence-electron chi connectivity index (χ3n) is 6.56. The number of nitrogens with one attached hydrogen (secondary N) is 1. The van der Waals surface area contributed by atoms with Crippen molar-refractivity contribution < 1.29 is 19.1 Å². The van der Waals surface area contributed by atoms with Crippen LogP contribution in [0, 0.1) is 0 Å². The predicted octanol–water partition coefficient (Wildman–Crippen LogP) is 3.86. The molecule has 1 unspecified atom stereocenters. The molecule has 11 heteroatoms. The highest BCUT2D eigenvalue weighted by Gasteiger charge is 2.27. The van der Waals surface area contributed by atoms with Crippen LogP contribution in [0.4, 0.5) is 11.5 Å². The summed E-state index contributed by atoms with van der Waals surface area (Å²) in [6, 6.07) is 10.7. The maximum absolute atomic E-state index is 13.4. The molecule has 3 heterocycles. The fourth-order valence-corrected chi connectivity index (χ4v) is 5.14. The molecular weight excluding hydrogens is 500 g/mol. The third kappa shape index (κ3) is 7.39. The number of carbonyl (C=O) groups excluding carboxylic acids is 2. The van der Waals surface area contributed by atoms with E-state index in [1.807, 2.05) is 30.3 Å². The highest BCUT2D eigenvalue weighted by molar-refractivity contribution is 6.76. The van der Waals surface area contributed by atoms with E-state index in [-0.39, 0.29) is 18.7 Å². The molecule has 1 fully saturated rings. The summed E-state index contributed by atoms with van der Waals surface area (Å²) in [6.07, 6.45) is 5.87. The lowest BCUT2D eigenvalue weighted by atomic mass is 10.1. The summed E-state index contributed by atoms with van der Waals surface area (Å²) >= 11 is 0. The van der Waals surface area contributed by atoms with E-state index in [9.17, 15) is 9.59 Å². The van der Waals surface area contributed by atoms with Gasteiger partial charge in [0.2, 0.25) is 0 Å². The van der Waals surface area contributed by atoms with Crippen LogP contribution in [0.3, 0.4) is 0 Å². The number of fused-ring (bicyclic) bond motifs is 1. The number of nitrogens with zero attached hydrogens (tertiary/aromatic N) is 4. The number of benzene rings is 1. The van der Waals surface area contributed by atoms with Crippen LogP contribution in [0.1, 0.15) is 24.8 Å². The van der Waals surface area contributed by atoms with Gasteiger partial charge in [-0.2, -0.15) is 5.10 Å². The van der Waals surface area contributed by atoms with E-state index in [0.29, 0.717) is 42.9 Å². The van der Waals surface area contributed by atoms with Crippen molar-refractivity contribution in [2.45, 2.75) is 64.3 Å². The molecule has 2 amide bonds. The lowest BCUT2D eigenvalue weighted by Crippen LogP contribution is -2.44. The fraction of sp³-hybridized carbons (Fsp3) is 0.481. The zero-order valence-corrected chi connectivity index (χ0v) is 23.5. The number of hydrogen-bond acceptors (Lipinski definition) is 7. The number of hydrogen-bond donors (Lipinski definition) is 2. The Morgan fingerprint density at radius 2 is 2.00 bits per heavy atom. The van der Waals surface area contributed by atoms with E-state index < -0.39 is 19.9 Å². The molecule has 3 N–H and O–H groups in total. The molecule has 1 aliphatic heterocycles. The lowest BCUT2D eigenvalue weighted by molar-refractivity contribution is -0.145. The zero-order chi connectivity index (χ0) is 27.1. The van der Waals surface area contributed by atoms with Crippen molar-refractivity contribution in [2.75, 3.05) is 30.8 Å². The van der Waals surface area contributed by atoms with Crippen molar-refractivity contribution in [3.63, 3.8) is 0 Å². The van der Waals surface area contributed by atoms with Crippen LogP contribution in [0.15, 0.2) is 42.7 Å². The fourth-order valence-electron chi connectivity index (χ4n) is 4.38. The molecule has 0 aliphatic carbocycles. The first kappa shape index (κ1) is 27.7. The molecule has 10 nitrogen and oxygen atoms in total. The Morgan fingerprint density at radius 3 is 2.71 bits per heavy atom. The second-order valence-electron chi connectivity index (χ2n) is 10.9. The molecule has 1 atom stereocenters. The summed E-state index contributed by atoms with van der Waals surface area (Å²) in [6.45, 7) is 9.02. The summed E-state index contributed by atoms with van der Waals surface area (Å²) in [5, 5.41) is 7.73. The second-order valence-corrected chi connectivity index (χ2v) is 16.5. The molecule has 1 saturated heterocycles. The molecule has 4 rings (SSSR count). The molecule has 38 heavy (non-hydrogen) atoms. The minimum absolute atomic E-state index is 0.0937. The number of rotatable bonds is 10. The van der Waals surface area contributed by atoms with Crippen molar-refractivity contribution in [1.29, 1.82) is 0 Å². The van der Waals surface area contributed by atoms with Gasteiger partial charge in [-0.15, -0.1) is 0 Å². The SMILES string of the molecule is C[Si](C)(C)CCOCn1ncc2c(N)ncc(NC(=O)C(=O)N(Cc3ccccc3)CC3CCCCO3)c21. The van der Waals surface area contributed by atoms with Crippen molar-refractivity contribution in [1.82, 2.24) is 19.7 Å². The highest BCUT2D eigenvalue weighted by Crippen LogP contribution is 2.27. The quantitative estimate of drug-likeness (QED) is 0.228. The van der Waals surface area contributed by atoms with Gasteiger partial charge in [0.25, 0.3) is 0 Å². The van der Waals surface area contributed by atoms with Crippen molar-refractivity contribution in [2.24, 2.45) is 0 Å². The van der Waals surface area contributed by atoms with Gasteiger partial charge >= 0.3 is 11.8 Å². The largest absolute Gasteiger partial charge is 0.383 e. The van der Waals surface area contributed by atoms with Gasteiger partial charge in [-0.3, -0.25) is 9.59 Å². The monoisotopic (exact) mass is 538 g/mol. The van der Waals surface area contributed by atoms with E-state index in [1.54, 1.807) is 15.8 Å². The van der Waals surface area contributed by atoms with Crippen LogP contribution in [-0.2, 0) is 32.3 Å². The molecule has 3 aromatic rings. The normalized spacial score (nSPS) is 15.9. The van der Waals surface area contributed by atoms with Crippen LogP contribution in [-0.4, -0.2) is 65.4 Å². The van der Waals surface area contributed by atoms with E-state index >= 15 is 0 Å². The Morgan fingerprint density at radius 1 is 1.21 bits per heavy atom. The van der Waals surface area contributed by atoms with Crippen LogP contribution in [0.5, 0.6) is 0 Å². The molecule has 2 aromatic heterocycles.